The van der Waals surface area contributed by atoms with Gasteiger partial charge in [-0.3, -0.25) is 4.79 Å². The number of anilines is 1. The molecule has 10 heteroatoms. The fourth-order valence-corrected chi connectivity index (χ4v) is 4.88. The predicted molar refractivity (Wildman–Crippen MR) is 135 cm³/mol. The molecular formula is C26H22ClN7O2. The third-order valence-electron chi connectivity index (χ3n) is 6.30. The molecule has 3 aromatic heterocycles. The summed E-state index contributed by atoms with van der Waals surface area (Å²) >= 11 is 6.13. The molecule has 1 aliphatic rings. The van der Waals surface area contributed by atoms with Crippen LogP contribution in [0.25, 0.3) is 11.5 Å². The van der Waals surface area contributed by atoms with Crippen LogP contribution in [-0.4, -0.2) is 35.5 Å². The maximum Gasteiger partial charge on any atom is 0.226 e. The first-order chi connectivity index (χ1) is 17.5. The van der Waals surface area contributed by atoms with Crippen molar-refractivity contribution in [2.75, 3.05) is 5.32 Å². The van der Waals surface area contributed by atoms with Gasteiger partial charge in [0, 0.05) is 28.5 Å². The molecule has 36 heavy (non-hydrogen) atoms. The number of hydrogen-bond acceptors (Lipinski definition) is 6. The zero-order chi connectivity index (χ0) is 24.8. The number of fused-ring (bicyclic) bond motifs is 2. The van der Waals surface area contributed by atoms with Gasteiger partial charge in [-0.1, -0.05) is 41.9 Å². The lowest BCUT2D eigenvalue weighted by atomic mass is 9.85. The predicted octanol–water partition coefficient (Wildman–Crippen LogP) is 4.63. The normalized spacial score (nSPS) is 15.1. The van der Waals surface area contributed by atoms with Crippen LogP contribution in [0.15, 0.2) is 60.7 Å². The van der Waals surface area contributed by atoms with Crippen molar-refractivity contribution in [1.29, 1.82) is 0 Å². The summed E-state index contributed by atoms with van der Waals surface area (Å²) in [5.41, 5.74) is 4.28. The van der Waals surface area contributed by atoms with Crippen LogP contribution in [-0.2, 0) is 11.4 Å². The van der Waals surface area contributed by atoms with Gasteiger partial charge in [-0.15, -0.1) is 15.3 Å². The fourth-order valence-electron chi connectivity index (χ4n) is 4.67. The average Bonchev–Trinajstić information content (AvgIpc) is 3.41. The topological polar surface area (TPSA) is 99.2 Å². The molecule has 180 valence electrons. The summed E-state index contributed by atoms with van der Waals surface area (Å²) in [6.07, 6.45) is 0.286. The molecule has 2 aromatic carbocycles. The molecule has 0 saturated heterocycles. The Labute approximate surface area is 211 Å². The summed E-state index contributed by atoms with van der Waals surface area (Å²) in [6.45, 7) is 4.14. The van der Waals surface area contributed by atoms with Crippen LogP contribution in [0.1, 0.15) is 40.5 Å². The maximum absolute atomic E-state index is 12.9. The van der Waals surface area contributed by atoms with E-state index >= 15 is 0 Å². The number of nitrogens with one attached hydrogen (secondary N) is 1. The van der Waals surface area contributed by atoms with Gasteiger partial charge in [0.1, 0.15) is 18.2 Å². The molecule has 0 fully saturated rings. The van der Waals surface area contributed by atoms with Crippen LogP contribution in [0.2, 0.25) is 5.02 Å². The molecule has 1 atom stereocenters. The Hall–Kier alpha value is -4.24. The van der Waals surface area contributed by atoms with E-state index < -0.39 is 0 Å². The van der Waals surface area contributed by atoms with Gasteiger partial charge in [-0.25, -0.2) is 0 Å². The van der Waals surface area contributed by atoms with Gasteiger partial charge in [-0.2, -0.15) is 14.3 Å². The van der Waals surface area contributed by atoms with E-state index in [4.69, 9.17) is 21.4 Å². The largest absolute Gasteiger partial charge is 0.489 e. The van der Waals surface area contributed by atoms with E-state index in [0.717, 1.165) is 28.1 Å². The van der Waals surface area contributed by atoms with Crippen molar-refractivity contribution in [3.63, 3.8) is 0 Å². The molecule has 0 aliphatic carbocycles. The monoisotopic (exact) mass is 499 g/mol. The molecular weight excluding hydrogens is 478 g/mol. The summed E-state index contributed by atoms with van der Waals surface area (Å²) in [5, 5.41) is 21.2. The van der Waals surface area contributed by atoms with Crippen molar-refractivity contribution in [3.8, 4) is 11.6 Å². The molecule has 0 spiro atoms. The number of hydrogen-bond donors (Lipinski definition) is 1. The molecule has 1 unspecified atom stereocenters. The third kappa shape index (κ3) is 3.87. The summed E-state index contributed by atoms with van der Waals surface area (Å²) in [6, 6.07) is 19.0. The minimum Gasteiger partial charge on any atom is -0.489 e. The molecule has 1 aliphatic heterocycles. The Bertz CT molecular complexity index is 1620. The Morgan fingerprint density at radius 1 is 1.06 bits per heavy atom. The number of aromatic nitrogens is 6. The van der Waals surface area contributed by atoms with E-state index in [-0.39, 0.29) is 18.2 Å². The number of carbonyl (C=O) groups is 1. The number of para-hydroxylation sites is 1. The first kappa shape index (κ1) is 22.2. The van der Waals surface area contributed by atoms with Crippen molar-refractivity contribution >= 4 is 29.0 Å². The minimum absolute atomic E-state index is 0.0974. The molecule has 4 heterocycles. The third-order valence-corrected chi connectivity index (χ3v) is 6.54. The summed E-state index contributed by atoms with van der Waals surface area (Å²) in [5.74, 6) is 2.22. The molecule has 1 N–H and O–H groups in total. The highest BCUT2D eigenvalue weighted by Gasteiger charge is 2.34. The van der Waals surface area contributed by atoms with Crippen LogP contribution in [0, 0.1) is 13.8 Å². The SMILES string of the molecule is Cc1nn(-c2ccc3nnc(C)n3n2)c2c1C(c1ccccc1OCc1cccc(Cl)c1)CC(=O)N2. The smallest absolute Gasteiger partial charge is 0.226 e. The Morgan fingerprint density at radius 3 is 2.78 bits per heavy atom. The minimum atomic E-state index is -0.224. The highest BCUT2D eigenvalue weighted by atomic mass is 35.5. The van der Waals surface area contributed by atoms with Gasteiger partial charge in [0.05, 0.1) is 5.69 Å². The van der Waals surface area contributed by atoms with Gasteiger partial charge in [0.15, 0.2) is 17.3 Å². The number of amides is 1. The van der Waals surface area contributed by atoms with Crippen molar-refractivity contribution in [2.24, 2.45) is 0 Å². The molecule has 9 nitrogen and oxygen atoms in total. The summed E-state index contributed by atoms with van der Waals surface area (Å²) in [7, 11) is 0. The van der Waals surface area contributed by atoms with E-state index in [1.807, 2.05) is 74.5 Å². The van der Waals surface area contributed by atoms with Gasteiger partial charge in [0.25, 0.3) is 0 Å². The van der Waals surface area contributed by atoms with Gasteiger partial charge >= 0.3 is 0 Å². The first-order valence-corrected chi connectivity index (χ1v) is 11.9. The highest BCUT2D eigenvalue weighted by molar-refractivity contribution is 6.30. The van der Waals surface area contributed by atoms with Gasteiger partial charge < -0.3 is 10.1 Å². The Kier molecular flexibility index (Phi) is 5.41. The van der Waals surface area contributed by atoms with Gasteiger partial charge in [-0.05, 0) is 49.7 Å². The lowest BCUT2D eigenvalue weighted by Gasteiger charge is -2.26. The van der Waals surface area contributed by atoms with Crippen molar-refractivity contribution in [1.82, 2.24) is 29.6 Å². The lowest BCUT2D eigenvalue weighted by Crippen LogP contribution is -2.25. The molecule has 0 saturated carbocycles. The van der Waals surface area contributed by atoms with E-state index in [1.165, 1.54) is 0 Å². The number of rotatable bonds is 5. The zero-order valence-electron chi connectivity index (χ0n) is 19.6. The van der Waals surface area contributed by atoms with Crippen molar-refractivity contribution in [2.45, 2.75) is 32.8 Å². The second-order valence-electron chi connectivity index (χ2n) is 8.73. The molecule has 0 bridgehead atoms. The number of benzene rings is 2. The van der Waals surface area contributed by atoms with Crippen LogP contribution in [0.5, 0.6) is 5.75 Å². The fraction of sp³-hybridized carbons (Fsp3) is 0.192. The van der Waals surface area contributed by atoms with Gasteiger partial charge in [0.2, 0.25) is 5.91 Å². The van der Waals surface area contributed by atoms with Crippen LogP contribution >= 0.6 is 11.6 Å². The zero-order valence-corrected chi connectivity index (χ0v) is 20.4. The highest BCUT2D eigenvalue weighted by Crippen LogP contribution is 2.43. The van der Waals surface area contributed by atoms with Crippen LogP contribution < -0.4 is 10.1 Å². The van der Waals surface area contributed by atoms with Crippen LogP contribution in [0.3, 0.4) is 0 Å². The lowest BCUT2D eigenvalue weighted by molar-refractivity contribution is -0.116. The number of carbonyl (C=O) groups excluding carboxylic acids is 1. The van der Waals surface area contributed by atoms with Crippen molar-refractivity contribution < 1.29 is 9.53 Å². The number of nitrogens with zero attached hydrogens (tertiary/aromatic N) is 6. The van der Waals surface area contributed by atoms with E-state index in [0.29, 0.717) is 34.7 Å². The second-order valence-corrected chi connectivity index (χ2v) is 9.17. The Morgan fingerprint density at radius 2 is 1.92 bits per heavy atom. The maximum atomic E-state index is 12.9. The van der Waals surface area contributed by atoms with E-state index in [2.05, 4.69) is 20.6 Å². The first-order valence-electron chi connectivity index (χ1n) is 11.5. The molecule has 6 rings (SSSR count). The average molecular weight is 500 g/mol. The van der Waals surface area contributed by atoms with Crippen molar-refractivity contribution in [3.05, 3.63) is 93.9 Å². The molecule has 5 aromatic rings. The quantitative estimate of drug-likeness (QED) is 0.378. The standard InChI is InChI=1S/C26H22ClN7O2/c1-15-25-20(19-8-3-4-9-21(19)36-14-17-6-5-7-18(27)12-17)13-24(35)28-26(25)34(31-15)23-11-10-22-30-29-16(2)33(22)32-23/h3-12,20H,13-14H2,1-2H3,(H,28,35). The number of aryl methyl sites for hydroxylation is 2. The number of halogens is 1. The Balaban J connectivity index is 1.40. The van der Waals surface area contributed by atoms with E-state index in [1.54, 1.807) is 9.20 Å². The molecule has 1 amide bonds. The molecule has 0 radical (unpaired) electrons. The number of ether oxygens (including phenoxy) is 1. The summed E-state index contributed by atoms with van der Waals surface area (Å²) < 4.78 is 9.54. The van der Waals surface area contributed by atoms with E-state index in [9.17, 15) is 4.79 Å². The van der Waals surface area contributed by atoms with Crippen LogP contribution in [0.4, 0.5) is 5.82 Å². The second kappa shape index (κ2) is 8.76. The summed E-state index contributed by atoms with van der Waals surface area (Å²) in [4.78, 5) is 12.9.